The predicted octanol–water partition coefficient (Wildman–Crippen LogP) is 0.625. The molecule has 4 rings (SSSR count). The van der Waals surface area contributed by atoms with Crippen LogP contribution in [-0.2, 0) is 20.8 Å². The Bertz CT molecular complexity index is 638. The fraction of sp³-hybridized carbons (Fsp3) is 0.611. The van der Waals surface area contributed by atoms with Crippen LogP contribution in [0.5, 0.6) is 11.5 Å². The van der Waals surface area contributed by atoms with Crippen molar-refractivity contribution in [2.45, 2.75) is 12.6 Å². The number of ether oxygens (including phenoxy) is 4. The van der Waals surface area contributed by atoms with E-state index >= 15 is 0 Å². The zero-order chi connectivity index (χ0) is 17.2. The van der Waals surface area contributed by atoms with Crippen molar-refractivity contribution in [2.75, 3.05) is 46.8 Å². The van der Waals surface area contributed by atoms with Crippen molar-refractivity contribution in [1.29, 1.82) is 0 Å². The van der Waals surface area contributed by atoms with Gasteiger partial charge in [0.2, 0.25) is 12.7 Å². The number of nitrogens with one attached hydrogen (secondary N) is 1. The molecule has 3 heterocycles. The Morgan fingerprint density at radius 3 is 3.08 bits per heavy atom. The third-order valence-corrected chi connectivity index (χ3v) is 5.18. The van der Waals surface area contributed by atoms with Crippen LogP contribution in [0.2, 0.25) is 0 Å². The van der Waals surface area contributed by atoms with E-state index in [1.165, 1.54) is 5.56 Å². The molecule has 7 nitrogen and oxygen atoms in total. The number of likely N-dealkylation sites (tertiary alicyclic amines) is 1. The summed E-state index contributed by atoms with van der Waals surface area (Å²) in [6, 6.07) is 6.06. The minimum absolute atomic E-state index is 0.0661. The minimum Gasteiger partial charge on any atom is -0.454 e. The van der Waals surface area contributed by atoms with E-state index in [1.807, 2.05) is 12.1 Å². The maximum absolute atomic E-state index is 12.4. The normalized spacial score (nSPS) is 27.5. The molecule has 1 N–H and O–H groups in total. The van der Waals surface area contributed by atoms with Crippen LogP contribution in [0.15, 0.2) is 18.2 Å². The van der Waals surface area contributed by atoms with Crippen molar-refractivity contribution in [2.24, 2.45) is 11.8 Å². The third kappa shape index (κ3) is 3.44. The Morgan fingerprint density at radius 2 is 2.20 bits per heavy atom. The molecule has 0 bridgehead atoms. The molecule has 1 aromatic rings. The quantitative estimate of drug-likeness (QED) is 0.761. The van der Waals surface area contributed by atoms with E-state index < -0.39 is 0 Å². The number of amides is 1. The lowest BCUT2D eigenvalue weighted by molar-refractivity contribution is -0.126. The summed E-state index contributed by atoms with van der Waals surface area (Å²) < 4.78 is 21.7. The van der Waals surface area contributed by atoms with Crippen LogP contribution in [0.25, 0.3) is 0 Å². The zero-order valence-electron chi connectivity index (χ0n) is 14.4. The molecule has 25 heavy (non-hydrogen) atoms. The Balaban J connectivity index is 1.34. The van der Waals surface area contributed by atoms with Crippen LogP contribution in [0.3, 0.4) is 0 Å². The second kappa shape index (κ2) is 7.19. The van der Waals surface area contributed by atoms with Gasteiger partial charge in [0.25, 0.3) is 0 Å². The molecular formula is C18H24N2O5. The Labute approximate surface area is 147 Å². The first-order valence-electron chi connectivity index (χ1n) is 8.73. The van der Waals surface area contributed by atoms with E-state index in [1.54, 1.807) is 7.11 Å². The van der Waals surface area contributed by atoms with Gasteiger partial charge in [-0.05, 0) is 17.7 Å². The summed E-state index contributed by atoms with van der Waals surface area (Å²) in [6.45, 7) is 4.45. The van der Waals surface area contributed by atoms with Gasteiger partial charge in [-0.2, -0.15) is 0 Å². The summed E-state index contributed by atoms with van der Waals surface area (Å²) in [6.07, 6.45) is 0.146. The molecule has 1 aromatic carbocycles. The summed E-state index contributed by atoms with van der Waals surface area (Å²) in [5.41, 5.74) is 1.19. The molecule has 0 radical (unpaired) electrons. The molecule has 0 unspecified atom stereocenters. The van der Waals surface area contributed by atoms with E-state index in [0.29, 0.717) is 26.6 Å². The highest BCUT2D eigenvalue weighted by Gasteiger charge is 2.46. The first-order chi connectivity index (χ1) is 12.2. The number of carbonyl (C=O) groups excluding carboxylic acids is 1. The van der Waals surface area contributed by atoms with E-state index in [9.17, 15) is 4.79 Å². The van der Waals surface area contributed by atoms with Crippen LogP contribution in [0.4, 0.5) is 0 Å². The maximum atomic E-state index is 12.4. The second-order valence-corrected chi connectivity index (χ2v) is 6.81. The fourth-order valence-corrected chi connectivity index (χ4v) is 3.90. The fourth-order valence-electron chi connectivity index (χ4n) is 3.90. The van der Waals surface area contributed by atoms with Gasteiger partial charge in [0, 0.05) is 39.2 Å². The summed E-state index contributed by atoms with van der Waals surface area (Å²) in [5, 5.41) is 2.94. The number of nitrogens with zero attached hydrogens (tertiary/aromatic N) is 1. The van der Waals surface area contributed by atoms with Crippen molar-refractivity contribution in [3.8, 4) is 11.5 Å². The number of carbonyl (C=O) groups is 1. The average molecular weight is 348 g/mol. The van der Waals surface area contributed by atoms with Gasteiger partial charge in [0.1, 0.15) is 0 Å². The maximum Gasteiger partial charge on any atom is 0.231 e. The Morgan fingerprint density at radius 1 is 1.32 bits per heavy atom. The third-order valence-electron chi connectivity index (χ3n) is 5.18. The van der Waals surface area contributed by atoms with Gasteiger partial charge in [-0.1, -0.05) is 6.07 Å². The summed E-state index contributed by atoms with van der Waals surface area (Å²) in [7, 11) is 1.63. The van der Waals surface area contributed by atoms with Crippen LogP contribution in [0.1, 0.15) is 5.56 Å². The van der Waals surface area contributed by atoms with E-state index in [2.05, 4.69) is 16.3 Å². The molecule has 3 atom stereocenters. The number of hydrogen-bond donors (Lipinski definition) is 1. The number of hydrogen-bond acceptors (Lipinski definition) is 6. The number of methoxy groups -OCH3 is 1. The Kier molecular flexibility index (Phi) is 4.78. The van der Waals surface area contributed by atoms with Crippen molar-refractivity contribution in [1.82, 2.24) is 10.2 Å². The SMILES string of the molecule is COCCNC(=O)[C@H]1CO[C@@H]2CN(Cc3ccc4c(c3)OCO4)C[C@H]12. The highest BCUT2D eigenvalue weighted by Crippen LogP contribution is 2.36. The molecule has 0 aliphatic carbocycles. The molecule has 3 aliphatic heterocycles. The standard InChI is InChI=1S/C18H24N2O5/c1-22-5-4-19-18(21)14-10-23-17-9-20(8-13(14)17)7-12-2-3-15-16(6-12)25-11-24-15/h2-3,6,13-14,17H,4-5,7-11H2,1H3,(H,19,21)/t13-,14+,17-/m1/s1. The lowest BCUT2D eigenvalue weighted by Crippen LogP contribution is -2.38. The summed E-state index contributed by atoms with van der Waals surface area (Å²) in [5.74, 6) is 1.89. The van der Waals surface area contributed by atoms with Crippen LogP contribution in [0, 0.1) is 11.8 Å². The van der Waals surface area contributed by atoms with E-state index in [4.69, 9.17) is 18.9 Å². The predicted molar refractivity (Wildman–Crippen MR) is 89.4 cm³/mol. The molecule has 0 saturated carbocycles. The monoisotopic (exact) mass is 348 g/mol. The van der Waals surface area contributed by atoms with E-state index in [-0.39, 0.29) is 23.8 Å². The smallest absolute Gasteiger partial charge is 0.231 e. The molecule has 2 fully saturated rings. The van der Waals surface area contributed by atoms with Gasteiger partial charge in [0.15, 0.2) is 11.5 Å². The van der Waals surface area contributed by atoms with Crippen LogP contribution in [-0.4, -0.2) is 63.7 Å². The number of fused-ring (bicyclic) bond motifs is 2. The lowest BCUT2D eigenvalue weighted by Gasteiger charge is -2.19. The van der Waals surface area contributed by atoms with Crippen LogP contribution < -0.4 is 14.8 Å². The highest BCUT2D eigenvalue weighted by molar-refractivity contribution is 5.79. The van der Waals surface area contributed by atoms with Crippen molar-refractivity contribution in [3.05, 3.63) is 23.8 Å². The van der Waals surface area contributed by atoms with Crippen molar-refractivity contribution in [3.63, 3.8) is 0 Å². The van der Waals surface area contributed by atoms with Crippen molar-refractivity contribution >= 4 is 5.91 Å². The molecule has 0 spiro atoms. The number of benzene rings is 1. The number of rotatable bonds is 6. The van der Waals surface area contributed by atoms with Gasteiger partial charge < -0.3 is 24.3 Å². The van der Waals surface area contributed by atoms with Gasteiger partial charge in [-0.25, -0.2) is 0 Å². The molecular weight excluding hydrogens is 324 g/mol. The Hall–Kier alpha value is -1.83. The van der Waals surface area contributed by atoms with Gasteiger partial charge in [-0.15, -0.1) is 0 Å². The summed E-state index contributed by atoms with van der Waals surface area (Å²) >= 11 is 0. The largest absolute Gasteiger partial charge is 0.454 e. The van der Waals surface area contributed by atoms with Crippen molar-refractivity contribution < 1.29 is 23.7 Å². The molecule has 2 saturated heterocycles. The molecule has 3 aliphatic rings. The van der Waals surface area contributed by atoms with Gasteiger partial charge in [-0.3, -0.25) is 9.69 Å². The second-order valence-electron chi connectivity index (χ2n) is 6.81. The van der Waals surface area contributed by atoms with Gasteiger partial charge in [0.05, 0.1) is 25.2 Å². The molecule has 136 valence electrons. The average Bonchev–Trinajstić information content (AvgIpc) is 3.29. The zero-order valence-corrected chi connectivity index (χ0v) is 14.4. The van der Waals surface area contributed by atoms with Crippen LogP contribution >= 0.6 is 0 Å². The first-order valence-corrected chi connectivity index (χ1v) is 8.73. The summed E-state index contributed by atoms with van der Waals surface area (Å²) in [4.78, 5) is 14.7. The minimum atomic E-state index is -0.0661. The molecule has 1 amide bonds. The first kappa shape index (κ1) is 16.6. The molecule has 7 heteroatoms. The lowest BCUT2D eigenvalue weighted by atomic mass is 9.92. The van der Waals surface area contributed by atoms with E-state index in [0.717, 1.165) is 31.1 Å². The topological polar surface area (TPSA) is 69.3 Å². The highest BCUT2D eigenvalue weighted by atomic mass is 16.7. The molecule has 0 aromatic heterocycles. The van der Waals surface area contributed by atoms with Gasteiger partial charge >= 0.3 is 0 Å².